The van der Waals surface area contributed by atoms with Crippen molar-refractivity contribution in [3.63, 3.8) is 0 Å². The summed E-state index contributed by atoms with van der Waals surface area (Å²) in [6, 6.07) is 9.16. The topological polar surface area (TPSA) is 63.7 Å². The van der Waals surface area contributed by atoms with Crippen LogP contribution in [0.2, 0.25) is 0 Å². The van der Waals surface area contributed by atoms with Crippen molar-refractivity contribution in [2.75, 3.05) is 26.0 Å². The molecule has 1 heterocycles. The smallest absolute Gasteiger partial charge is 0.260 e. The normalized spacial score (nSPS) is 16.9. The van der Waals surface area contributed by atoms with Crippen LogP contribution in [0.25, 0.3) is 0 Å². The molecule has 0 atom stereocenters. The number of hydrogen-bond donors (Lipinski definition) is 0. The van der Waals surface area contributed by atoms with Crippen molar-refractivity contribution in [3.8, 4) is 5.75 Å². The molecule has 0 saturated carbocycles. The molecule has 0 bridgehead atoms. The lowest BCUT2D eigenvalue weighted by atomic mass is 10.1. The van der Waals surface area contributed by atoms with Gasteiger partial charge in [-0.15, -0.1) is 0 Å². The molecule has 110 valence electrons. The molecule has 0 aromatic heterocycles. The largest absolute Gasteiger partial charge is 0.484 e. The van der Waals surface area contributed by atoms with E-state index in [9.17, 15) is 13.2 Å². The van der Waals surface area contributed by atoms with Gasteiger partial charge in [-0.1, -0.05) is 18.2 Å². The highest BCUT2D eigenvalue weighted by Gasteiger charge is 2.28. The van der Waals surface area contributed by atoms with E-state index in [0.717, 1.165) is 0 Å². The lowest BCUT2D eigenvalue weighted by Crippen LogP contribution is -2.44. The molecule has 0 N–H and O–H groups in total. The number of sulfone groups is 1. The molecule has 0 spiro atoms. The maximum Gasteiger partial charge on any atom is 0.260 e. The highest BCUT2D eigenvalue weighted by Crippen LogP contribution is 2.17. The molecule has 1 fully saturated rings. The maximum absolute atomic E-state index is 12.0. The van der Waals surface area contributed by atoms with E-state index in [1.807, 2.05) is 18.2 Å². The molecular weight excluding hydrogens is 278 g/mol. The van der Waals surface area contributed by atoms with Gasteiger partial charge < -0.3 is 9.64 Å². The zero-order valence-electron chi connectivity index (χ0n) is 11.5. The van der Waals surface area contributed by atoms with Gasteiger partial charge in [-0.05, 0) is 25.0 Å². The Labute approximate surface area is 119 Å². The maximum atomic E-state index is 12.0. The quantitative estimate of drug-likeness (QED) is 0.835. The minimum Gasteiger partial charge on any atom is -0.484 e. The summed E-state index contributed by atoms with van der Waals surface area (Å²) in [6.07, 6.45) is 2.28. The van der Waals surface area contributed by atoms with Crippen molar-refractivity contribution >= 4 is 15.7 Å². The summed E-state index contributed by atoms with van der Waals surface area (Å²) in [4.78, 5) is 13.7. The Hall–Kier alpha value is -1.56. The lowest BCUT2D eigenvalue weighted by molar-refractivity contribution is -0.134. The molecule has 1 aliphatic heterocycles. The first kappa shape index (κ1) is 14.8. The number of amides is 1. The Morgan fingerprint density at radius 3 is 2.40 bits per heavy atom. The van der Waals surface area contributed by atoms with Crippen LogP contribution in [0.4, 0.5) is 0 Å². The third-order valence-electron chi connectivity index (χ3n) is 3.51. The minimum atomic E-state index is -3.00. The number of carbonyl (C=O) groups excluding carboxylic acids is 1. The third kappa shape index (κ3) is 3.96. The van der Waals surface area contributed by atoms with Gasteiger partial charge in [0, 0.05) is 19.3 Å². The van der Waals surface area contributed by atoms with Gasteiger partial charge in [-0.25, -0.2) is 8.42 Å². The second-order valence-corrected chi connectivity index (χ2v) is 7.34. The van der Waals surface area contributed by atoms with Crippen molar-refractivity contribution in [1.29, 1.82) is 0 Å². The van der Waals surface area contributed by atoms with Crippen molar-refractivity contribution in [3.05, 3.63) is 30.3 Å². The second kappa shape index (κ2) is 6.26. The van der Waals surface area contributed by atoms with Crippen LogP contribution in [-0.2, 0) is 14.6 Å². The van der Waals surface area contributed by atoms with E-state index >= 15 is 0 Å². The molecule has 0 radical (unpaired) electrons. The van der Waals surface area contributed by atoms with Gasteiger partial charge in [0.15, 0.2) is 6.61 Å². The summed E-state index contributed by atoms with van der Waals surface area (Å²) in [6.45, 7) is 0.955. The van der Waals surface area contributed by atoms with E-state index in [0.29, 0.717) is 31.7 Å². The van der Waals surface area contributed by atoms with E-state index < -0.39 is 9.84 Å². The number of hydrogen-bond acceptors (Lipinski definition) is 4. The van der Waals surface area contributed by atoms with Crippen molar-refractivity contribution in [2.45, 2.75) is 18.1 Å². The number of carbonyl (C=O) groups is 1. The van der Waals surface area contributed by atoms with Gasteiger partial charge in [-0.2, -0.15) is 0 Å². The fourth-order valence-corrected chi connectivity index (χ4v) is 3.35. The zero-order chi connectivity index (χ0) is 14.6. The predicted octanol–water partition coefficient (Wildman–Crippen LogP) is 1.10. The summed E-state index contributed by atoms with van der Waals surface area (Å²) >= 11 is 0. The van der Waals surface area contributed by atoms with Crippen LogP contribution in [0.3, 0.4) is 0 Å². The number of nitrogens with zero attached hydrogens (tertiary/aromatic N) is 1. The first-order valence-electron chi connectivity index (χ1n) is 6.61. The van der Waals surface area contributed by atoms with Gasteiger partial charge in [0.2, 0.25) is 0 Å². The van der Waals surface area contributed by atoms with E-state index in [1.165, 1.54) is 6.26 Å². The van der Waals surface area contributed by atoms with Crippen LogP contribution in [-0.4, -0.2) is 50.4 Å². The van der Waals surface area contributed by atoms with Crippen LogP contribution in [0.1, 0.15) is 12.8 Å². The third-order valence-corrected chi connectivity index (χ3v) is 5.19. The molecule has 0 aliphatic carbocycles. The molecule has 0 unspecified atom stereocenters. The zero-order valence-corrected chi connectivity index (χ0v) is 12.3. The molecule has 2 rings (SSSR count). The van der Waals surface area contributed by atoms with E-state index in [4.69, 9.17) is 4.74 Å². The minimum absolute atomic E-state index is 0.00639. The van der Waals surface area contributed by atoms with Crippen molar-refractivity contribution in [2.24, 2.45) is 0 Å². The van der Waals surface area contributed by atoms with Gasteiger partial charge in [-0.3, -0.25) is 4.79 Å². The van der Waals surface area contributed by atoms with Crippen LogP contribution in [0.15, 0.2) is 30.3 Å². The highest BCUT2D eigenvalue weighted by molar-refractivity contribution is 7.91. The SMILES string of the molecule is CS(=O)(=O)C1CCN(C(=O)COc2ccccc2)CC1. The van der Waals surface area contributed by atoms with Crippen molar-refractivity contribution in [1.82, 2.24) is 4.90 Å². The molecule has 20 heavy (non-hydrogen) atoms. The van der Waals surface area contributed by atoms with Crippen LogP contribution >= 0.6 is 0 Å². The Morgan fingerprint density at radius 1 is 1.25 bits per heavy atom. The fraction of sp³-hybridized carbons (Fsp3) is 0.500. The summed E-state index contributed by atoms with van der Waals surface area (Å²) in [5.74, 6) is 0.563. The average molecular weight is 297 g/mol. The standard InChI is InChI=1S/C14H19NO4S/c1-20(17,18)13-7-9-15(10-8-13)14(16)11-19-12-5-3-2-4-6-12/h2-6,13H,7-11H2,1H3. The van der Waals surface area contributed by atoms with Crippen LogP contribution in [0.5, 0.6) is 5.75 Å². The van der Waals surface area contributed by atoms with Crippen LogP contribution < -0.4 is 4.74 Å². The Bertz CT molecular complexity index is 548. The van der Waals surface area contributed by atoms with E-state index in [2.05, 4.69) is 0 Å². The number of ether oxygens (including phenoxy) is 1. The monoisotopic (exact) mass is 297 g/mol. The first-order chi connectivity index (χ1) is 9.47. The van der Waals surface area contributed by atoms with Crippen LogP contribution in [0, 0.1) is 0 Å². The van der Waals surface area contributed by atoms with Gasteiger partial charge in [0.25, 0.3) is 5.91 Å². The number of para-hydroxylation sites is 1. The molecule has 1 aromatic rings. The Balaban J connectivity index is 1.80. The average Bonchev–Trinajstić information content (AvgIpc) is 2.45. The summed E-state index contributed by atoms with van der Waals surface area (Å²) in [5, 5.41) is -0.318. The Morgan fingerprint density at radius 2 is 1.85 bits per heavy atom. The van der Waals surface area contributed by atoms with Gasteiger partial charge >= 0.3 is 0 Å². The highest BCUT2D eigenvalue weighted by atomic mass is 32.2. The molecule has 1 amide bonds. The molecule has 6 heteroatoms. The van der Waals surface area contributed by atoms with E-state index in [-0.39, 0.29) is 17.8 Å². The van der Waals surface area contributed by atoms with Gasteiger partial charge in [0.05, 0.1) is 5.25 Å². The van der Waals surface area contributed by atoms with E-state index in [1.54, 1.807) is 17.0 Å². The molecule has 1 saturated heterocycles. The number of piperidine rings is 1. The lowest BCUT2D eigenvalue weighted by Gasteiger charge is -2.31. The van der Waals surface area contributed by atoms with Crippen molar-refractivity contribution < 1.29 is 17.9 Å². The predicted molar refractivity (Wildman–Crippen MR) is 76.4 cm³/mol. The van der Waals surface area contributed by atoms with Gasteiger partial charge in [0.1, 0.15) is 15.6 Å². The number of rotatable bonds is 4. The molecule has 1 aromatic carbocycles. The first-order valence-corrected chi connectivity index (χ1v) is 8.57. The number of benzene rings is 1. The fourth-order valence-electron chi connectivity index (χ4n) is 2.29. The summed E-state index contributed by atoms with van der Waals surface area (Å²) in [5.41, 5.74) is 0. The Kier molecular flexibility index (Phi) is 4.65. The molecule has 5 nitrogen and oxygen atoms in total. The molecular formula is C14H19NO4S. The number of likely N-dealkylation sites (tertiary alicyclic amines) is 1. The summed E-state index contributed by atoms with van der Waals surface area (Å²) < 4.78 is 28.3. The summed E-state index contributed by atoms with van der Waals surface area (Å²) in [7, 11) is -3.00. The molecule has 1 aliphatic rings. The second-order valence-electron chi connectivity index (χ2n) is 5.01.